The van der Waals surface area contributed by atoms with Gasteiger partial charge in [0.15, 0.2) is 0 Å². The minimum atomic E-state index is -4.67. The predicted molar refractivity (Wildman–Crippen MR) is 69.7 cm³/mol. The molecule has 0 aliphatic rings. The zero-order valence-electron chi connectivity index (χ0n) is 9.65. The summed E-state index contributed by atoms with van der Waals surface area (Å²) in [5.41, 5.74) is 1.88. The summed E-state index contributed by atoms with van der Waals surface area (Å²) in [6, 6.07) is 7.61. The van der Waals surface area contributed by atoms with E-state index in [1.807, 2.05) is 16.8 Å². The number of halogens is 4. The van der Waals surface area contributed by atoms with Gasteiger partial charge in [-0.2, -0.15) is 11.3 Å². The van der Waals surface area contributed by atoms with Crippen molar-refractivity contribution in [3.63, 3.8) is 0 Å². The zero-order valence-corrected chi connectivity index (χ0v) is 11.2. The molecule has 0 bridgehead atoms. The minimum absolute atomic E-state index is 0.240. The quantitative estimate of drug-likeness (QED) is 0.708. The van der Waals surface area contributed by atoms with Crippen LogP contribution in [0, 0.1) is 0 Å². The van der Waals surface area contributed by atoms with E-state index in [-0.39, 0.29) is 11.1 Å². The average Bonchev–Trinajstić information content (AvgIpc) is 2.80. The van der Waals surface area contributed by atoms with Crippen LogP contribution in [0.4, 0.5) is 13.2 Å². The van der Waals surface area contributed by atoms with Crippen molar-refractivity contribution in [3.05, 3.63) is 52.2 Å². The molecule has 2 aromatic rings. The molecule has 0 N–H and O–H groups in total. The molecule has 1 heterocycles. The van der Waals surface area contributed by atoms with Gasteiger partial charge < -0.3 is 4.74 Å². The Morgan fingerprint density at radius 2 is 1.84 bits per heavy atom. The summed E-state index contributed by atoms with van der Waals surface area (Å²) >= 11 is 7.81. The van der Waals surface area contributed by atoms with Gasteiger partial charge in [0.25, 0.3) is 0 Å². The lowest BCUT2D eigenvalue weighted by Gasteiger charge is -2.11. The maximum Gasteiger partial charge on any atom is 0.573 e. The van der Waals surface area contributed by atoms with E-state index in [0.717, 1.165) is 11.1 Å². The molecule has 1 nitrogen and oxygen atoms in total. The van der Waals surface area contributed by atoms with Crippen molar-refractivity contribution >= 4 is 22.9 Å². The Balaban J connectivity index is 2.01. The summed E-state index contributed by atoms with van der Waals surface area (Å²) in [7, 11) is 0. The van der Waals surface area contributed by atoms with Crippen molar-refractivity contribution in [1.82, 2.24) is 0 Å². The first-order chi connectivity index (χ1) is 8.94. The molecule has 0 fully saturated rings. The van der Waals surface area contributed by atoms with Crippen LogP contribution >= 0.6 is 22.9 Å². The normalized spacial score (nSPS) is 13.3. The first-order valence-corrected chi connectivity index (χ1v) is 6.83. The third-order valence-electron chi connectivity index (χ3n) is 2.47. The van der Waals surface area contributed by atoms with Crippen LogP contribution in [0.5, 0.6) is 5.75 Å². The maximum atomic E-state index is 12.0. The topological polar surface area (TPSA) is 9.23 Å². The maximum absolute atomic E-state index is 12.0. The molecular formula is C13H10ClF3OS. The van der Waals surface area contributed by atoms with Crippen molar-refractivity contribution in [2.45, 2.75) is 18.2 Å². The molecule has 0 saturated heterocycles. The summed E-state index contributed by atoms with van der Waals surface area (Å²) in [6.07, 6.45) is -4.02. The van der Waals surface area contributed by atoms with E-state index in [1.165, 1.54) is 12.1 Å². The van der Waals surface area contributed by atoms with Crippen LogP contribution in [0.1, 0.15) is 16.5 Å². The molecule has 19 heavy (non-hydrogen) atoms. The average molecular weight is 307 g/mol. The summed E-state index contributed by atoms with van der Waals surface area (Å²) in [6.45, 7) is 0. The molecule has 1 aromatic heterocycles. The van der Waals surface area contributed by atoms with Gasteiger partial charge in [0, 0.05) is 0 Å². The molecule has 0 spiro atoms. The number of benzene rings is 1. The van der Waals surface area contributed by atoms with Gasteiger partial charge in [-0.25, -0.2) is 0 Å². The third kappa shape index (κ3) is 4.44. The van der Waals surface area contributed by atoms with E-state index in [9.17, 15) is 13.2 Å². The Kier molecular flexibility index (Phi) is 4.37. The molecule has 0 amide bonds. The number of thiophene rings is 1. The molecule has 2 rings (SSSR count). The smallest absolute Gasteiger partial charge is 0.406 e. The predicted octanol–water partition coefficient (Wildman–Crippen LogP) is 5.17. The van der Waals surface area contributed by atoms with E-state index in [1.54, 1.807) is 23.5 Å². The fourth-order valence-corrected chi connectivity index (χ4v) is 2.62. The van der Waals surface area contributed by atoms with Gasteiger partial charge in [0.2, 0.25) is 0 Å². The highest BCUT2D eigenvalue weighted by molar-refractivity contribution is 7.07. The van der Waals surface area contributed by atoms with Gasteiger partial charge in [0.05, 0.1) is 5.38 Å². The fraction of sp³-hybridized carbons (Fsp3) is 0.231. The van der Waals surface area contributed by atoms with Crippen LogP contribution in [0.3, 0.4) is 0 Å². The van der Waals surface area contributed by atoms with E-state index < -0.39 is 6.36 Å². The highest BCUT2D eigenvalue weighted by Gasteiger charge is 2.31. The van der Waals surface area contributed by atoms with Crippen LogP contribution in [0.2, 0.25) is 0 Å². The van der Waals surface area contributed by atoms with E-state index in [2.05, 4.69) is 4.74 Å². The molecule has 1 aromatic carbocycles. The Hall–Kier alpha value is -1.20. The summed E-state index contributed by atoms with van der Waals surface area (Å²) in [4.78, 5) is 0. The molecule has 0 radical (unpaired) electrons. The fourth-order valence-electron chi connectivity index (χ4n) is 1.61. The van der Waals surface area contributed by atoms with Crippen LogP contribution in [-0.2, 0) is 6.42 Å². The lowest BCUT2D eigenvalue weighted by atomic mass is 10.1. The van der Waals surface area contributed by atoms with Gasteiger partial charge in [0.1, 0.15) is 5.75 Å². The van der Waals surface area contributed by atoms with Gasteiger partial charge in [-0.05, 0) is 46.5 Å². The zero-order chi connectivity index (χ0) is 13.9. The van der Waals surface area contributed by atoms with Crippen LogP contribution in [0.25, 0.3) is 0 Å². The van der Waals surface area contributed by atoms with E-state index >= 15 is 0 Å². The second-order valence-corrected chi connectivity index (χ2v) is 5.23. The number of alkyl halides is 4. The molecule has 6 heteroatoms. The third-order valence-corrected chi connectivity index (χ3v) is 3.61. The van der Waals surface area contributed by atoms with Crippen molar-refractivity contribution in [2.75, 3.05) is 0 Å². The van der Waals surface area contributed by atoms with Crippen molar-refractivity contribution in [3.8, 4) is 5.75 Å². The lowest BCUT2D eigenvalue weighted by molar-refractivity contribution is -0.274. The highest BCUT2D eigenvalue weighted by Crippen LogP contribution is 2.29. The first kappa shape index (κ1) is 14.2. The molecule has 1 atom stereocenters. The Morgan fingerprint density at radius 1 is 1.16 bits per heavy atom. The highest BCUT2D eigenvalue weighted by atomic mass is 35.5. The standard InChI is InChI=1S/C13H10ClF3OS/c14-12(7-9-5-6-19-8-9)10-1-3-11(4-2-10)18-13(15,16)17/h1-6,8,12H,7H2. The number of hydrogen-bond acceptors (Lipinski definition) is 2. The van der Waals surface area contributed by atoms with Gasteiger partial charge >= 0.3 is 6.36 Å². The van der Waals surface area contributed by atoms with Crippen LogP contribution < -0.4 is 4.74 Å². The second kappa shape index (κ2) is 5.84. The summed E-state index contributed by atoms with van der Waals surface area (Å²) < 4.78 is 39.8. The monoisotopic (exact) mass is 306 g/mol. The van der Waals surface area contributed by atoms with Gasteiger partial charge in [-0.1, -0.05) is 12.1 Å². The van der Waals surface area contributed by atoms with E-state index in [0.29, 0.717) is 6.42 Å². The number of rotatable bonds is 4. The molecule has 0 aliphatic heterocycles. The van der Waals surface area contributed by atoms with Gasteiger partial charge in [-0.15, -0.1) is 24.8 Å². The van der Waals surface area contributed by atoms with E-state index in [4.69, 9.17) is 11.6 Å². The largest absolute Gasteiger partial charge is 0.573 e. The summed E-state index contributed by atoms with van der Waals surface area (Å²) in [5.74, 6) is -0.240. The molecule has 0 saturated carbocycles. The van der Waals surface area contributed by atoms with Crippen LogP contribution in [0.15, 0.2) is 41.1 Å². The van der Waals surface area contributed by atoms with Crippen molar-refractivity contribution in [2.24, 2.45) is 0 Å². The lowest BCUT2D eigenvalue weighted by Crippen LogP contribution is -2.17. The molecule has 0 aliphatic carbocycles. The Bertz CT molecular complexity index is 508. The minimum Gasteiger partial charge on any atom is -0.406 e. The molecule has 102 valence electrons. The van der Waals surface area contributed by atoms with Crippen molar-refractivity contribution in [1.29, 1.82) is 0 Å². The number of hydrogen-bond donors (Lipinski definition) is 0. The Morgan fingerprint density at radius 3 is 2.37 bits per heavy atom. The number of ether oxygens (including phenoxy) is 1. The van der Waals surface area contributed by atoms with Gasteiger partial charge in [-0.3, -0.25) is 0 Å². The second-order valence-electron chi connectivity index (χ2n) is 3.92. The Labute approximate surface area is 117 Å². The SMILES string of the molecule is FC(F)(F)Oc1ccc(C(Cl)Cc2ccsc2)cc1. The van der Waals surface area contributed by atoms with Crippen LogP contribution in [-0.4, -0.2) is 6.36 Å². The van der Waals surface area contributed by atoms with Crippen molar-refractivity contribution < 1.29 is 17.9 Å². The first-order valence-electron chi connectivity index (χ1n) is 5.45. The summed E-state index contributed by atoms with van der Waals surface area (Å²) in [5, 5.41) is 3.69. The molecule has 1 unspecified atom stereocenters. The molecular weight excluding hydrogens is 297 g/mol.